The van der Waals surface area contributed by atoms with E-state index in [1.807, 2.05) is 86.9 Å². The number of benzene rings is 2. The average molecular weight is 513 g/mol. The molecule has 0 unspecified atom stereocenters. The quantitative estimate of drug-likeness (QED) is 0.433. The molecule has 6 heteroatoms. The van der Waals surface area contributed by atoms with Crippen molar-refractivity contribution in [3.63, 3.8) is 0 Å². The van der Waals surface area contributed by atoms with Crippen LogP contribution in [0.25, 0.3) is 11.5 Å². The Hall–Kier alpha value is -3.80. The number of methoxy groups -OCH3 is 2. The van der Waals surface area contributed by atoms with Gasteiger partial charge >= 0.3 is 0 Å². The third kappa shape index (κ3) is 8.10. The summed E-state index contributed by atoms with van der Waals surface area (Å²) in [5.41, 5.74) is 5.41. The lowest BCUT2D eigenvalue weighted by atomic mass is 9.94. The van der Waals surface area contributed by atoms with Crippen molar-refractivity contribution in [3.05, 3.63) is 82.9 Å². The molecule has 0 saturated heterocycles. The van der Waals surface area contributed by atoms with E-state index in [-0.39, 0.29) is 5.41 Å². The Kier molecular flexibility index (Phi) is 10.8. The van der Waals surface area contributed by atoms with E-state index in [1.165, 1.54) is 0 Å². The van der Waals surface area contributed by atoms with E-state index < -0.39 is 0 Å². The summed E-state index contributed by atoms with van der Waals surface area (Å²) in [6, 6.07) is 20.2. The fourth-order valence-electron chi connectivity index (χ4n) is 4.13. The Balaban J connectivity index is 2.01. The molecule has 1 aliphatic rings. The molecule has 0 aromatic heterocycles. The van der Waals surface area contributed by atoms with Crippen LogP contribution in [0.5, 0.6) is 0 Å². The molecule has 2 aromatic carbocycles. The Morgan fingerprint density at radius 1 is 0.658 bits per heavy atom. The van der Waals surface area contributed by atoms with Crippen molar-refractivity contribution < 1.29 is 9.47 Å². The van der Waals surface area contributed by atoms with Gasteiger partial charge in [0.2, 0.25) is 0 Å². The van der Waals surface area contributed by atoms with Crippen LogP contribution in [-0.2, 0) is 9.47 Å². The van der Waals surface area contributed by atoms with Crippen molar-refractivity contribution >= 4 is 35.4 Å². The zero-order chi connectivity index (χ0) is 27.4. The summed E-state index contributed by atoms with van der Waals surface area (Å²) in [6.45, 7) is 10.9. The highest BCUT2D eigenvalue weighted by molar-refractivity contribution is 6.20. The van der Waals surface area contributed by atoms with Crippen LogP contribution in [0.1, 0.15) is 45.2 Å². The van der Waals surface area contributed by atoms with Crippen molar-refractivity contribution in [1.29, 1.82) is 0 Å². The highest BCUT2D eigenvalue weighted by atomic mass is 16.5. The summed E-state index contributed by atoms with van der Waals surface area (Å²) in [5.74, 6) is 1.54. The van der Waals surface area contributed by atoms with Crippen LogP contribution in [-0.4, -0.2) is 64.3 Å². The van der Waals surface area contributed by atoms with Crippen molar-refractivity contribution in [2.75, 3.05) is 40.4 Å². The number of hydrogen-bond donors (Lipinski definition) is 0. The van der Waals surface area contributed by atoms with E-state index in [0.29, 0.717) is 26.2 Å². The predicted octanol–water partition coefficient (Wildman–Crippen LogP) is 6.60. The van der Waals surface area contributed by atoms with Crippen molar-refractivity contribution in [2.45, 2.75) is 34.1 Å². The molecule has 38 heavy (non-hydrogen) atoms. The molecule has 3 rings (SSSR count). The maximum atomic E-state index is 5.84. The van der Waals surface area contributed by atoms with Gasteiger partial charge in [0, 0.05) is 66.6 Å². The summed E-state index contributed by atoms with van der Waals surface area (Å²) in [6.07, 6.45) is 4.61. The monoisotopic (exact) mass is 512 g/mol. The van der Waals surface area contributed by atoms with Crippen LogP contribution in [0.2, 0.25) is 0 Å². The van der Waals surface area contributed by atoms with Gasteiger partial charge in [-0.3, -0.25) is 20.0 Å². The molecule has 0 N–H and O–H groups in total. The number of hydrogen-bond acceptors (Lipinski definition) is 6. The molecule has 0 fully saturated rings. The fourth-order valence-corrected chi connectivity index (χ4v) is 4.13. The predicted molar refractivity (Wildman–Crippen MR) is 162 cm³/mol. The van der Waals surface area contributed by atoms with Gasteiger partial charge in [-0.2, -0.15) is 0 Å². The molecule has 0 atom stereocenters. The molecule has 2 aromatic rings. The standard InChI is InChI=1S/C32H40N4O2/c1-24-28(30(37-5)26-14-9-7-10-15-26)20-33-22-32(3,4)23-34-21-29(25(2)36-19-13-18-35-24)31(38-6)27-16-11-8-12-17-27/h7-12,14-17,20-21H,13,18-19,22-23H2,1-6H3. The van der Waals surface area contributed by atoms with Crippen LogP contribution in [0, 0.1) is 5.41 Å². The maximum absolute atomic E-state index is 5.84. The average Bonchev–Trinajstić information content (AvgIpc) is 2.92. The first-order valence-corrected chi connectivity index (χ1v) is 13.1. The zero-order valence-corrected chi connectivity index (χ0v) is 23.6. The molecule has 0 bridgehead atoms. The lowest BCUT2D eigenvalue weighted by molar-refractivity contribution is 0.369. The second-order valence-corrected chi connectivity index (χ2v) is 10.0. The van der Waals surface area contributed by atoms with Gasteiger partial charge in [-0.25, -0.2) is 0 Å². The van der Waals surface area contributed by atoms with Crippen molar-refractivity contribution in [2.24, 2.45) is 25.4 Å². The molecule has 0 amide bonds. The second-order valence-electron chi connectivity index (χ2n) is 10.0. The second kappa shape index (κ2) is 14.2. The molecule has 0 radical (unpaired) electrons. The summed E-state index contributed by atoms with van der Waals surface area (Å²) in [4.78, 5) is 19.4. The smallest absolute Gasteiger partial charge is 0.136 e. The third-order valence-corrected chi connectivity index (χ3v) is 6.24. The normalized spacial score (nSPS) is 19.7. The summed E-state index contributed by atoms with van der Waals surface area (Å²) in [7, 11) is 3.39. The van der Waals surface area contributed by atoms with Crippen LogP contribution in [0.15, 0.2) is 91.8 Å². The van der Waals surface area contributed by atoms with Gasteiger partial charge in [0.25, 0.3) is 0 Å². The molecule has 1 heterocycles. The first kappa shape index (κ1) is 28.8. The van der Waals surface area contributed by atoms with Crippen LogP contribution < -0.4 is 0 Å². The number of ether oxygens (including phenoxy) is 2. The zero-order valence-electron chi connectivity index (χ0n) is 23.6. The highest BCUT2D eigenvalue weighted by Crippen LogP contribution is 2.23. The van der Waals surface area contributed by atoms with E-state index in [0.717, 1.165) is 51.6 Å². The summed E-state index contributed by atoms with van der Waals surface area (Å²) < 4.78 is 11.7. The van der Waals surface area contributed by atoms with E-state index >= 15 is 0 Å². The van der Waals surface area contributed by atoms with Crippen LogP contribution in [0.3, 0.4) is 0 Å². The van der Waals surface area contributed by atoms with Gasteiger partial charge in [0.05, 0.1) is 25.4 Å². The lowest BCUT2D eigenvalue weighted by Gasteiger charge is -2.20. The minimum absolute atomic E-state index is 0.156. The maximum Gasteiger partial charge on any atom is 0.136 e. The van der Waals surface area contributed by atoms with Gasteiger partial charge in [-0.05, 0) is 20.3 Å². The largest absolute Gasteiger partial charge is 0.495 e. The van der Waals surface area contributed by atoms with Gasteiger partial charge in [0.1, 0.15) is 11.5 Å². The van der Waals surface area contributed by atoms with Gasteiger partial charge in [0.15, 0.2) is 0 Å². The van der Waals surface area contributed by atoms with E-state index in [1.54, 1.807) is 14.2 Å². The van der Waals surface area contributed by atoms with Crippen LogP contribution in [0.4, 0.5) is 0 Å². The Morgan fingerprint density at radius 3 is 1.42 bits per heavy atom. The molecule has 0 spiro atoms. The highest BCUT2D eigenvalue weighted by Gasteiger charge is 2.18. The van der Waals surface area contributed by atoms with Gasteiger partial charge in [-0.1, -0.05) is 74.5 Å². The van der Waals surface area contributed by atoms with E-state index in [4.69, 9.17) is 29.4 Å². The lowest BCUT2D eigenvalue weighted by Crippen LogP contribution is -2.20. The van der Waals surface area contributed by atoms with E-state index in [2.05, 4.69) is 13.8 Å². The van der Waals surface area contributed by atoms with E-state index in [9.17, 15) is 0 Å². The molecular formula is C32H40N4O2. The minimum Gasteiger partial charge on any atom is -0.495 e. The van der Waals surface area contributed by atoms with Crippen molar-refractivity contribution in [3.8, 4) is 0 Å². The summed E-state index contributed by atoms with van der Waals surface area (Å²) >= 11 is 0. The third-order valence-electron chi connectivity index (χ3n) is 6.24. The molecule has 0 aliphatic carbocycles. The fraction of sp³-hybridized carbons (Fsp3) is 0.375. The Morgan fingerprint density at radius 2 is 1.05 bits per heavy atom. The summed E-state index contributed by atoms with van der Waals surface area (Å²) in [5, 5.41) is 0. The van der Waals surface area contributed by atoms with Gasteiger partial charge < -0.3 is 9.47 Å². The van der Waals surface area contributed by atoms with Crippen LogP contribution >= 0.6 is 0 Å². The number of nitrogens with zero attached hydrogens (tertiary/aromatic N) is 4. The number of allylic oxidation sites excluding steroid dienone is 2. The molecular weight excluding hydrogens is 472 g/mol. The first-order valence-electron chi connectivity index (χ1n) is 13.1. The molecule has 1 aliphatic heterocycles. The SMILES string of the molecule is COC(=C1C=NCC(C)(C)CN=CC(=C(OC)c2ccccc2)C(C)=NCCCN=C1C)c1ccccc1. The minimum atomic E-state index is -0.156. The number of aliphatic imine (C=N–C) groups is 4. The topological polar surface area (TPSA) is 67.9 Å². The molecule has 0 saturated carbocycles. The molecule has 200 valence electrons. The number of rotatable bonds is 4. The van der Waals surface area contributed by atoms with Crippen molar-refractivity contribution in [1.82, 2.24) is 0 Å². The Labute approximate surface area is 227 Å². The molecule has 6 nitrogen and oxygen atoms in total. The Bertz CT molecular complexity index is 1140. The first-order chi connectivity index (χ1) is 18.4. The van der Waals surface area contributed by atoms with Gasteiger partial charge in [-0.15, -0.1) is 0 Å².